The molecule has 0 spiro atoms. The van der Waals surface area contributed by atoms with Gasteiger partial charge in [-0.15, -0.1) is 0 Å². The average molecular weight is 327 g/mol. The van der Waals surface area contributed by atoms with Crippen LogP contribution in [-0.4, -0.2) is 21.0 Å². The largest absolute Gasteiger partial charge is 0.326 e. The first kappa shape index (κ1) is 15.0. The number of benzene rings is 1. The maximum atomic E-state index is 13.5. The number of sulfonamides is 1. The summed E-state index contributed by atoms with van der Waals surface area (Å²) in [5, 5.41) is -0.737. The highest BCUT2D eigenvalue weighted by Crippen LogP contribution is 2.32. The molecule has 1 aliphatic carbocycles. The van der Waals surface area contributed by atoms with Crippen molar-refractivity contribution >= 4 is 33.2 Å². The third-order valence-electron chi connectivity index (χ3n) is 3.03. The molecule has 1 saturated carbocycles. The third-order valence-corrected chi connectivity index (χ3v) is 5.27. The molecule has 19 heavy (non-hydrogen) atoms. The Morgan fingerprint density at radius 1 is 1.42 bits per heavy atom. The first-order chi connectivity index (χ1) is 8.83. The molecule has 2 rings (SSSR count). The van der Waals surface area contributed by atoms with Crippen molar-refractivity contribution in [3.8, 4) is 0 Å². The van der Waals surface area contributed by atoms with E-state index in [4.69, 9.17) is 28.9 Å². The van der Waals surface area contributed by atoms with Crippen LogP contribution in [0.1, 0.15) is 12.8 Å². The zero-order valence-electron chi connectivity index (χ0n) is 9.87. The standard InChI is InChI=1S/C11H13Cl2FN2O2S/c12-7-3-4-9(10(13)11(7)14)19(17,18)16-5-8(15)6-1-2-6/h3-4,6,8,16H,1-2,5,15H2. The van der Waals surface area contributed by atoms with Gasteiger partial charge in [0.05, 0.1) is 10.0 Å². The van der Waals surface area contributed by atoms with Crippen LogP contribution in [0.4, 0.5) is 4.39 Å². The van der Waals surface area contributed by atoms with Gasteiger partial charge in [0.15, 0.2) is 5.82 Å². The molecule has 4 nitrogen and oxygen atoms in total. The first-order valence-corrected chi connectivity index (χ1v) is 7.95. The number of halogens is 3. The second-order valence-electron chi connectivity index (χ2n) is 4.53. The van der Waals surface area contributed by atoms with Gasteiger partial charge in [0.1, 0.15) is 4.90 Å². The van der Waals surface area contributed by atoms with Crippen LogP contribution in [-0.2, 0) is 10.0 Å². The van der Waals surface area contributed by atoms with Gasteiger partial charge in [0.25, 0.3) is 0 Å². The van der Waals surface area contributed by atoms with E-state index < -0.39 is 20.9 Å². The van der Waals surface area contributed by atoms with Gasteiger partial charge >= 0.3 is 0 Å². The zero-order chi connectivity index (χ0) is 14.2. The van der Waals surface area contributed by atoms with Gasteiger partial charge in [0.2, 0.25) is 10.0 Å². The Hall–Kier alpha value is -0.400. The molecule has 1 aromatic rings. The minimum Gasteiger partial charge on any atom is -0.326 e. The highest BCUT2D eigenvalue weighted by Gasteiger charge is 2.30. The summed E-state index contributed by atoms with van der Waals surface area (Å²) in [6.07, 6.45) is 2.03. The molecule has 0 amide bonds. The number of hydrogen-bond acceptors (Lipinski definition) is 3. The molecule has 1 unspecified atom stereocenters. The maximum Gasteiger partial charge on any atom is 0.242 e. The second-order valence-corrected chi connectivity index (χ2v) is 7.05. The smallest absolute Gasteiger partial charge is 0.242 e. The molecular weight excluding hydrogens is 314 g/mol. The zero-order valence-corrected chi connectivity index (χ0v) is 12.2. The van der Waals surface area contributed by atoms with Crippen LogP contribution in [0.3, 0.4) is 0 Å². The lowest BCUT2D eigenvalue weighted by Crippen LogP contribution is -2.38. The fraction of sp³-hybridized carbons (Fsp3) is 0.455. The van der Waals surface area contributed by atoms with Crippen molar-refractivity contribution in [1.29, 1.82) is 0 Å². The highest BCUT2D eigenvalue weighted by atomic mass is 35.5. The topological polar surface area (TPSA) is 72.2 Å². The summed E-state index contributed by atoms with van der Waals surface area (Å²) in [4.78, 5) is -0.334. The first-order valence-electron chi connectivity index (χ1n) is 5.71. The molecule has 1 atom stereocenters. The van der Waals surface area contributed by atoms with Crippen molar-refractivity contribution in [2.24, 2.45) is 11.7 Å². The van der Waals surface area contributed by atoms with Crippen molar-refractivity contribution in [2.45, 2.75) is 23.8 Å². The fourth-order valence-corrected chi connectivity index (χ4v) is 3.51. The second kappa shape index (κ2) is 5.54. The summed E-state index contributed by atoms with van der Waals surface area (Å²) in [7, 11) is -3.89. The molecular formula is C11H13Cl2FN2O2S. The fourth-order valence-electron chi connectivity index (χ4n) is 1.69. The van der Waals surface area contributed by atoms with Gasteiger partial charge in [-0.3, -0.25) is 0 Å². The molecule has 8 heteroatoms. The summed E-state index contributed by atoms with van der Waals surface area (Å²) in [5.74, 6) is -0.585. The van der Waals surface area contributed by atoms with Crippen molar-refractivity contribution in [3.63, 3.8) is 0 Å². The molecule has 0 bridgehead atoms. The molecule has 106 valence electrons. The van der Waals surface area contributed by atoms with E-state index in [9.17, 15) is 12.8 Å². The minimum atomic E-state index is -3.89. The summed E-state index contributed by atoms with van der Waals surface area (Å²) >= 11 is 11.2. The lowest BCUT2D eigenvalue weighted by molar-refractivity contribution is 0.546. The number of hydrogen-bond donors (Lipinski definition) is 2. The summed E-state index contributed by atoms with van der Waals surface area (Å²) < 4.78 is 39.8. The number of rotatable bonds is 5. The molecule has 0 radical (unpaired) electrons. The Balaban J connectivity index is 2.17. The van der Waals surface area contributed by atoms with Crippen LogP contribution in [0, 0.1) is 11.7 Å². The van der Waals surface area contributed by atoms with Crippen LogP contribution in [0.5, 0.6) is 0 Å². The van der Waals surface area contributed by atoms with Gasteiger partial charge in [-0.25, -0.2) is 17.5 Å². The lowest BCUT2D eigenvalue weighted by Gasteiger charge is -2.13. The van der Waals surface area contributed by atoms with Crippen LogP contribution < -0.4 is 10.5 Å². The molecule has 0 heterocycles. The molecule has 0 saturated heterocycles. The molecule has 1 aliphatic rings. The quantitative estimate of drug-likeness (QED) is 0.814. The van der Waals surface area contributed by atoms with E-state index in [1.54, 1.807) is 0 Å². The maximum absolute atomic E-state index is 13.5. The van der Waals surface area contributed by atoms with Crippen LogP contribution in [0.15, 0.2) is 17.0 Å². The van der Waals surface area contributed by atoms with Gasteiger partial charge in [-0.05, 0) is 30.9 Å². The Bertz CT molecular complexity index is 591. The van der Waals surface area contributed by atoms with E-state index in [0.717, 1.165) is 18.9 Å². The van der Waals surface area contributed by atoms with Crippen molar-refractivity contribution in [1.82, 2.24) is 4.72 Å². The number of nitrogens with two attached hydrogens (primary N) is 1. The molecule has 0 aromatic heterocycles. The van der Waals surface area contributed by atoms with Crippen molar-refractivity contribution < 1.29 is 12.8 Å². The molecule has 0 aliphatic heterocycles. The third kappa shape index (κ3) is 3.38. The predicted molar refractivity (Wildman–Crippen MR) is 72.3 cm³/mol. The summed E-state index contributed by atoms with van der Waals surface area (Å²) in [5.41, 5.74) is 5.80. The highest BCUT2D eigenvalue weighted by molar-refractivity contribution is 7.89. The number of nitrogens with one attached hydrogen (secondary N) is 1. The Labute approximate surface area is 121 Å². The van der Waals surface area contributed by atoms with Crippen LogP contribution >= 0.6 is 23.2 Å². The van der Waals surface area contributed by atoms with Gasteiger partial charge in [-0.2, -0.15) is 0 Å². The Morgan fingerprint density at radius 2 is 2.05 bits per heavy atom. The molecule has 1 fully saturated rings. The summed E-state index contributed by atoms with van der Waals surface area (Å²) in [6, 6.07) is 2.09. The van der Waals surface area contributed by atoms with Gasteiger partial charge in [0, 0.05) is 12.6 Å². The Morgan fingerprint density at radius 3 is 2.63 bits per heavy atom. The van der Waals surface area contributed by atoms with E-state index in [1.165, 1.54) is 6.07 Å². The minimum absolute atomic E-state index is 0.105. The lowest BCUT2D eigenvalue weighted by atomic mass is 10.2. The van der Waals surface area contributed by atoms with Gasteiger partial charge in [-0.1, -0.05) is 23.2 Å². The molecule has 3 N–H and O–H groups in total. The predicted octanol–water partition coefficient (Wildman–Crippen LogP) is 2.15. The van der Waals surface area contributed by atoms with Crippen LogP contribution in [0.2, 0.25) is 10.0 Å². The average Bonchev–Trinajstić information content (AvgIpc) is 3.17. The SMILES string of the molecule is NC(CNS(=O)(=O)c1ccc(Cl)c(F)c1Cl)C1CC1. The van der Waals surface area contributed by atoms with Gasteiger partial charge < -0.3 is 5.73 Å². The van der Waals surface area contributed by atoms with Crippen molar-refractivity contribution in [2.75, 3.05) is 6.54 Å². The Kier molecular flexibility index (Phi) is 4.37. The monoisotopic (exact) mass is 326 g/mol. The van der Waals surface area contributed by atoms with E-state index >= 15 is 0 Å². The normalized spacial score (nSPS) is 17.5. The summed E-state index contributed by atoms with van der Waals surface area (Å²) in [6.45, 7) is 0.105. The van der Waals surface area contributed by atoms with E-state index in [1.807, 2.05) is 0 Å². The van der Waals surface area contributed by atoms with E-state index in [2.05, 4.69) is 4.72 Å². The van der Waals surface area contributed by atoms with Crippen LogP contribution in [0.25, 0.3) is 0 Å². The van der Waals surface area contributed by atoms with E-state index in [-0.39, 0.29) is 22.5 Å². The van der Waals surface area contributed by atoms with Crippen molar-refractivity contribution in [3.05, 3.63) is 28.0 Å². The molecule has 1 aromatic carbocycles. The van der Waals surface area contributed by atoms with E-state index in [0.29, 0.717) is 5.92 Å².